The van der Waals surface area contributed by atoms with Crippen LogP contribution in [-0.4, -0.2) is 140 Å². The van der Waals surface area contributed by atoms with E-state index >= 15 is 4.79 Å². The summed E-state index contributed by atoms with van der Waals surface area (Å²) in [4.78, 5) is 94.2. The van der Waals surface area contributed by atoms with Crippen LogP contribution in [0.3, 0.4) is 0 Å². The summed E-state index contributed by atoms with van der Waals surface area (Å²) in [6, 6.07) is 51.1. The highest BCUT2D eigenvalue weighted by atomic mass is 16.8. The van der Waals surface area contributed by atoms with Crippen LogP contribution in [0.2, 0.25) is 0 Å². The first kappa shape index (κ1) is 62.5. The molecular weight excluding hydrogens is 1120 g/mol. The lowest BCUT2D eigenvalue weighted by Gasteiger charge is -2.49. The molecule has 21 heteroatoms. The number of aromatic nitrogens is 2. The number of benzene rings is 5. The van der Waals surface area contributed by atoms with Gasteiger partial charge in [-0.2, -0.15) is 0 Å². The molecule has 2 aromatic heterocycles. The Bertz CT molecular complexity index is 3320. The molecule has 87 heavy (non-hydrogen) atoms. The third-order valence-electron chi connectivity index (χ3n) is 14.2. The van der Waals surface area contributed by atoms with Crippen molar-refractivity contribution in [1.82, 2.24) is 15.3 Å². The van der Waals surface area contributed by atoms with Crippen LogP contribution in [0.5, 0.6) is 0 Å². The normalized spacial score (nSPS) is 22.3. The number of nitrogens with one attached hydrogen (secondary N) is 1. The molecule has 0 bridgehead atoms. The van der Waals surface area contributed by atoms with E-state index in [1.54, 1.807) is 60.7 Å². The number of carbonyl (C=O) groups excluding carboxylic acids is 6. The van der Waals surface area contributed by atoms with Gasteiger partial charge in [0, 0.05) is 26.4 Å². The molecule has 0 aliphatic carbocycles. The summed E-state index contributed by atoms with van der Waals surface area (Å²) < 4.78 is 77.0. The minimum atomic E-state index is -2.74. The Morgan fingerprint density at radius 1 is 0.575 bits per heavy atom. The topological polar surface area (TPSA) is 251 Å². The molecule has 1 N–H and O–H groups in total. The Kier molecular flexibility index (Phi) is 22.1. The van der Waals surface area contributed by atoms with Crippen molar-refractivity contribution in [2.75, 3.05) is 27.4 Å². The van der Waals surface area contributed by atoms with E-state index in [4.69, 9.17) is 56.8 Å². The van der Waals surface area contributed by atoms with Crippen LogP contribution in [-0.2, 0) is 86.3 Å². The fourth-order valence-corrected chi connectivity index (χ4v) is 9.96. The maximum Gasteiger partial charge on any atom is 0.366 e. The molecule has 7 aromatic rings. The van der Waals surface area contributed by atoms with Gasteiger partial charge in [-0.25, -0.2) is 33.9 Å². The second-order valence-corrected chi connectivity index (χ2v) is 20.1. The monoisotopic (exact) mass is 1190 g/mol. The van der Waals surface area contributed by atoms with E-state index in [0.29, 0.717) is 0 Å². The van der Waals surface area contributed by atoms with E-state index in [1.807, 2.05) is 91.0 Å². The van der Waals surface area contributed by atoms with Crippen molar-refractivity contribution in [3.8, 4) is 0 Å². The molecule has 2 aliphatic heterocycles. The third kappa shape index (κ3) is 16.7. The largest absolute Gasteiger partial charge is 0.465 e. The van der Waals surface area contributed by atoms with Gasteiger partial charge in [-0.15, -0.1) is 0 Å². The van der Waals surface area contributed by atoms with Crippen molar-refractivity contribution < 1.29 is 85.6 Å². The van der Waals surface area contributed by atoms with E-state index in [9.17, 15) is 24.0 Å². The number of ether oxygens (including phenoxy) is 12. The molecule has 0 radical (unpaired) electrons. The fourth-order valence-electron chi connectivity index (χ4n) is 9.96. The fraction of sp³-hybridized carbons (Fsp3) is 0.303. The van der Waals surface area contributed by atoms with Crippen LogP contribution in [0.1, 0.15) is 71.7 Å². The van der Waals surface area contributed by atoms with Crippen molar-refractivity contribution in [3.05, 3.63) is 240 Å². The first-order chi connectivity index (χ1) is 42.4. The average Bonchev–Trinajstić information content (AvgIpc) is 1.78. The summed E-state index contributed by atoms with van der Waals surface area (Å²) in [5, 5.41) is 2.77. The predicted molar refractivity (Wildman–Crippen MR) is 308 cm³/mol. The molecule has 9 rings (SSSR count). The third-order valence-corrected chi connectivity index (χ3v) is 14.2. The number of esters is 5. The maximum atomic E-state index is 15.1. The molecule has 452 valence electrons. The van der Waals surface area contributed by atoms with Gasteiger partial charge in [-0.1, -0.05) is 140 Å². The van der Waals surface area contributed by atoms with Crippen molar-refractivity contribution in [2.24, 2.45) is 0 Å². The molecule has 4 heterocycles. The van der Waals surface area contributed by atoms with Gasteiger partial charge in [0.1, 0.15) is 54.6 Å². The maximum absolute atomic E-state index is 15.1. The van der Waals surface area contributed by atoms with Crippen LogP contribution < -0.4 is 5.32 Å². The van der Waals surface area contributed by atoms with Gasteiger partial charge in [-0.05, 0) is 65.2 Å². The lowest BCUT2D eigenvalue weighted by molar-refractivity contribution is -0.347. The second kappa shape index (κ2) is 30.8. The summed E-state index contributed by atoms with van der Waals surface area (Å²) in [6.07, 6.45) is -11.1. The Morgan fingerprint density at radius 3 is 1.55 bits per heavy atom. The smallest absolute Gasteiger partial charge is 0.366 e. The lowest BCUT2D eigenvalue weighted by Crippen LogP contribution is -2.70. The lowest BCUT2D eigenvalue weighted by atomic mass is 9.87. The van der Waals surface area contributed by atoms with Gasteiger partial charge < -0.3 is 62.2 Å². The summed E-state index contributed by atoms with van der Waals surface area (Å²) in [6.45, 7) is -0.118. The molecule has 5 aromatic carbocycles. The zero-order chi connectivity index (χ0) is 61.0. The molecule has 1 amide bonds. The van der Waals surface area contributed by atoms with Crippen molar-refractivity contribution in [2.45, 2.75) is 100 Å². The predicted octanol–water partition coefficient (Wildman–Crippen LogP) is 7.62. The number of rotatable bonds is 26. The van der Waals surface area contributed by atoms with Gasteiger partial charge in [-0.3, -0.25) is 4.79 Å². The van der Waals surface area contributed by atoms with E-state index in [2.05, 4.69) is 15.3 Å². The van der Waals surface area contributed by atoms with Crippen LogP contribution >= 0.6 is 0 Å². The first-order valence-electron chi connectivity index (χ1n) is 28.0. The highest BCUT2D eigenvalue weighted by molar-refractivity contribution is 5.91. The molecule has 0 saturated carbocycles. The van der Waals surface area contributed by atoms with E-state index in [-0.39, 0.29) is 42.3 Å². The second-order valence-electron chi connectivity index (χ2n) is 20.1. The standard InChI is InChI=1S/C66H65N3O18/c1-43(70)69-54-51(83-63(74)50-34-20-22-36-68-50)37-66(65(75)77-3,87-57(54)56(86-61(72)48-31-17-8-18-32-48)52(84-60(71)47-29-15-7-16-30-47)41-81-62(73)49-33-19-21-35-67-49)82-42-53-55(78-38-44-23-9-4-10-24-44)58(79-39-45-25-11-5-12-26-45)59(64(76-2)85-53)80-40-46-27-13-6-14-28-46/h4-36,51-59,64H,37-42H2,1-3H3,(H,69,70)/t51-,52+,53+,54+,55+,56+,57+,58-,59+,64-,66+/m0/s1. The molecule has 2 aliphatic rings. The zero-order valence-corrected chi connectivity index (χ0v) is 47.8. The molecule has 11 atom stereocenters. The van der Waals surface area contributed by atoms with Crippen LogP contribution in [0.25, 0.3) is 0 Å². The summed E-state index contributed by atoms with van der Waals surface area (Å²) in [5.74, 6) is -8.72. The van der Waals surface area contributed by atoms with E-state index in [0.717, 1.165) is 30.7 Å². The van der Waals surface area contributed by atoms with Gasteiger partial charge in [0.05, 0.1) is 57.1 Å². The average molecular weight is 1190 g/mol. The Labute approximate surface area is 502 Å². The van der Waals surface area contributed by atoms with Crippen LogP contribution in [0.4, 0.5) is 0 Å². The van der Waals surface area contributed by atoms with E-state index in [1.165, 1.54) is 55.9 Å². The Hall–Kier alpha value is -9.06. The van der Waals surface area contributed by atoms with Crippen molar-refractivity contribution in [3.63, 3.8) is 0 Å². The number of hydrogen-bond donors (Lipinski definition) is 1. The SMILES string of the molecule is COC(=O)[C@@]1(OC[C@H]2O[C@H](OC)[C@H](OCc3ccccc3)[C@@H](OCc3ccccc3)[C@@H]2OCc2ccccc2)C[C@H](OC(=O)c2ccccn2)[C@@H](NC(C)=O)[C@H]([C@H](OC(=O)c2ccccc2)[C@@H](COC(=O)c2ccccn2)OC(=O)c2ccccc2)O1. The molecule has 0 unspecified atom stereocenters. The minimum absolute atomic E-state index is 0.0135. The highest BCUT2D eigenvalue weighted by Gasteiger charge is 2.61. The summed E-state index contributed by atoms with van der Waals surface area (Å²) in [7, 11) is 2.49. The first-order valence-corrected chi connectivity index (χ1v) is 28.0. The van der Waals surface area contributed by atoms with Crippen molar-refractivity contribution >= 4 is 35.8 Å². The van der Waals surface area contributed by atoms with Gasteiger partial charge >= 0.3 is 29.8 Å². The van der Waals surface area contributed by atoms with Crippen LogP contribution in [0, 0.1) is 0 Å². The number of nitrogens with zero attached hydrogens (tertiary/aromatic N) is 2. The Morgan fingerprint density at radius 2 is 1.06 bits per heavy atom. The molecule has 2 saturated heterocycles. The summed E-state index contributed by atoms with van der Waals surface area (Å²) in [5.41, 5.74) is 2.14. The van der Waals surface area contributed by atoms with Gasteiger partial charge in [0.25, 0.3) is 5.79 Å². The number of carbonyl (C=O) groups is 6. The number of hydrogen-bond acceptors (Lipinski definition) is 20. The Balaban J connectivity index is 1.16. The van der Waals surface area contributed by atoms with Gasteiger partial charge in [0.2, 0.25) is 5.91 Å². The molecule has 2 fully saturated rings. The van der Waals surface area contributed by atoms with Crippen LogP contribution in [0.15, 0.2) is 200 Å². The van der Waals surface area contributed by atoms with Gasteiger partial charge in [0.15, 0.2) is 18.5 Å². The minimum Gasteiger partial charge on any atom is -0.465 e. The van der Waals surface area contributed by atoms with E-state index < -0.39 is 122 Å². The number of amides is 1. The summed E-state index contributed by atoms with van der Waals surface area (Å²) >= 11 is 0. The quantitative estimate of drug-likeness (QED) is 0.0404. The number of methoxy groups -OCH3 is 2. The molecular formula is C66H65N3O18. The highest BCUT2D eigenvalue weighted by Crippen LogP contribution is 2.40. The molecule has 0 spiro atoms. The molecule has 21 nitrogen and oxygen atoms in total. The van der Waals surface area contributed by atoms with Crippen molar-refractivity contribution in [1.29, 1.82) is 0 Å². The zero-order valence-electron chi connectivity index (χ0n) is 47.8. The number of pyridine rings is 2.